The van der Waals surface area contributed by atoms with Crippen LogP contribution >= 0.6 is 11.8 Å². The third-order valence-electron chi connectivity index (χ3n) is 2.52. The Bertz CT molecular complexity index is 474. The molecule has 0 saturated heterocycles. The Kier molecular flexibility index (Phi) is 7.98. The van der Waals surface area contributed by atoms with Crippen LogP contribution in [0, 0.1) is 0 Å². The van der Waals surface area contributed by atoms with Crippen molar-refractivity contribution in [3.63, 3.8) is 0 Å². The van der Waals surface area contributed by atoms with E-state index >= 15 is 0 Å². The Morgan fingerprint density at radius 1 is 1.25 bits per heavy atom. The van der Waals surface area contributed by atoms with Crippen molar-refractivity contribution in [3.8, 4) is 5.75 Å². The second-order valence-corrected chi connectivity index (χ2v) is 6.89. The minimum Gasteiger partial charge on any atom is -0.494 e. The molecule has 2 N–H and O–H groups in total. The van der Waals surface area contributed by atoms with Crippen LogP contribution in [0.2, 0.25) is 0 Å². The first kappa shape index (κ1) is 17.3. The molecular weight excluding hydrogens is 298 g/mol. The van der Waals surface area contributed by atoms with Gasteiger partial charge < -0.3 is 9.84 Å². The van der Waals surface area contributed by atoms with Gasteiger partial charge in [-0.25, -0.2) is 13.1 Å². The van der Waals surface area contributed by atoms with E-state index in [4.69, 9.17) is 9.84 Å². The van der Waals surface area contributed by atoms with Gasteiger partial charge in [-0.05, 0) is 42.7 Å². The monoisotopic (exact) mass is 319 g/mol. The number of sulfonamides is 1. The van der Waals surface area contributed by atoms with E-state index < -0.39 is 10.0 Å². The summed E-state index contributed by atoms with van der Waals surface area (Å²) in [4.78, 5) is 0.233. The number of hydrogen-bond donors (Lipinski definition) is 2. The van der Waals surface area contributed by atoms with Crippen LogP contribution in [0.25, 0.3) is 0 Å². The zero-order chi connectivity index (χ0) is 14.8. The standard InChI is InChI=1S/C13H21NO4S2/c1-19-11-2-8-14-20(16,17)13-6-4-12(5-7-13)18-10-3-9-15/h4-7,14-15H,2-3,8-11H2,1H3. The van der Waals surface area contributed by atoms with Gasteiger partial charge in [0.15, 0.2) is 0 Å². The average molecular weight is 319 g/mol. The van der Waals surface area contributed by atoms with Crippen molar-refractivity contribution in [1.82, 2.24) is 4.72 Å². The first-order chi connectivity index (χ1) is 9.60. The summed E-state index contributed by atoms with van der Waals surface area (Å²) in [5, 5.41) is 8.65. The summed E-state index contributed by atoms with van der Waals surface area (Å²) >= 11 is 1.69. The molecule has 0 amide bonds. The molecule has 0 heterocycles. The zero-order valence-electron chi connectivity index (χ0n) is 11.5. The number of benzene rings is 1. The molecule has 0 spiro atoms. The van der Waals surface area contributed by atoms with Crippen molar-refractivity contribution in [3.05, 3.63) is 24.3 Å². The molecule has 0 fully saturated rings. The summed E-state index contributed by atoms with van der Waals surface area (Å²) in [5.74, 6) is 1.53. The minimum atomic E-state index is -3.44. The van der Waals surface area contributed by atoms with Gasteiger partial charge in [0.1, 0.15) is 5.75 Å². The molecule has 0 aliphatic carbocycles. The minimum absolute atomic E-state index is 0.0758. The number of hydrogen-bond acceptors (Lipinski definition) is 5. The number of aliphatic hydroxyl groups excluding tert-OH is 1. The van der Waals surface area contributed by atoms with Gasteiger partial charge in [0.25, 0.3) is 0 Å². The quantitative estimate of drug-likeness (QED) is 0.639. The van der Waals surface area contributed by atoms with E-state index in [9.17, 15) is 8.42 Å². The summed E-state index contributed by atoms with van der Waals surface area (Å²) in [6.45, 7) is 0.930. The van der Waals surface area contributed by atoms with E-state index in [0.717, 1.165) is 12.2 Å². The number of thioether (sulfide) groups is 1. The molecule has 1 aromatic carbocycles. The molecule has 0 bridgehead atoms. The van der Waals surface area contributed by atoms with Crippen molar-refractivity contribution in [1.29, 1.82) is 0 Å². The third kappa shape index (κ3) is 6.13. The Morgan fingerprint density at radius 2 is 1.95 bits per heavy atom. The second kappa shape index (κ2) is 9.23. The predicted molar refractivity (Wildman–Crippen MR) is 81.8 cm³/mol. The summed E-state index contributed by atoms with van der Waals surface area (Å²) < 4.78 is 31.9. The molecule has 0 aliphatic heterocycles. The molecule has 0 aliphatic rings. The molecule has 0 saturated carbocycles. The lowest BCUT2D eigenvalue weighted by molar-refractivity contribution is 0.233. The molecule has 0 aromatic heterocycles. The van der Waals surface area contributed by atoms with Crippen LogP contribution in [0.5, 0.6) is 5.75 Å². The lowest BCUT2D eigenvalue weighted by atomic mass is 10.3. The molecule has 1 rings (SSSR count). The van der Waals surface area contributed by atoms with Crippen LogP contribution in [0.3, 0.4) is 0 Å². The van der Waals surface area contributed by atoms with Crippen molar-refractivity contribution in [2.24, 2.45) is 0 Å². The van der Waals surface area contributed by atoms with Crippen LogP contribution in [0.4, 0.5) is 0 Å². The maximum atomic E-state index is 12.0. The van der Waals surface area contributed by atoms with Gasteiger partial charge in [-0.15, -0.1) is 0 Å². The molecule has 114 valence electrons. The molecular formula is C13H21NO4S2. The lowest BCUT2D eigenvalue weighted by Crippen LogP contribution is -2.25. The highest BCUT2D eigenvalue weighted by Gasteiger charge is 2.12. The van der Waals surface area contributed by atoms with E-state index in [2.05, 4.69) is 4.72 Å². The fraction of sp³-hybridized carbons (Fsp3) is 0.538. The summed E-state index contributed by atoms with van der Waals surface area (Å²) in [7, 11) is -3.44. The largest absolute Gasteiger partial charge is 0.494 e. The SMILES string of the molecule is CSCCCNS(=O)(=O)c1ccc(OCCCO)cc1. The van der Waals surface area contributed by atoms with Gasteiger partial charge in [0.2, 0.25) is 10.0 Å². The molecule has 0 unspecified atom stereocenters. The summed E-state index contributed by atoms with van der Waals surface area (Å²) in [5.41, 5.74) is 0. The van der Waals surface area contributed by atoms with Gasteiger partial charge in [-0.1, -0.05) is 0 Å². The molecule has 20 heavy (non-hydrogen) atoms. The molecule has 0 radical (unpaired) electrons. The fourth-order valence-electron chi connectivity index (χ4n) is 1.48. The van der Waals surface area contributed by atoms with Crippen molar-refractivity contribution in [2.75, 3.05) is 31.8 Å². The third-order valence-corrected chi connectivity index (χ3v) is 4.70. The van der Waals surface area contributed by atoms with Crippen LogP contribution in [0.15, 0.2) is 29.2 Å². The topological polar surface area (TPSA) is 75.6 Å². The van der Waals surface area contributed by atoms with Crippen molar-refractivity contribution >= 4 is 21.8 Å². The molecule has 1 aromatic rings. The average Bonchev–Trinajstić information content (AvgIpc) is 2.45. The molecule has 0 atom stereocenters. The van der Waals surface area contributed by atoms with E-state index in [1.165, 1.54) is 12.1 Å². The zero-order valence-corrected chi connectivity index (χ0v) is 13.2. The number of ether oxygens (including phenoxy) is 1. The first-order valence-electron chi connectivity index (χ1n) is 6.42. The highest BCUT2D eigenvalue weighted by molar-refractivity contribution is 7.98. The van der Waals surface area contributed by atoms with E-state index in [0.29, 0.717) is 25.3 Å². The predicted octanol–water partition coefficient (Wildman–Crippen LogP) is 1.48. The Labute approximate surface area is 124 Å². The Morgan fingerprint density at radius 3 is 2.55 bits per heavy atom. The summed E-state index contributed by atoms with van der Waals surface area (Å²) in [6.07, 6.45) is 3.35. The normalized spacial score (nSPS) is 11.5. The smallest absolute Gasteiger partial charge is 0.240 e. The maximum absolute atomic E-state index is 12.0. The van der Waals surface area contributed by atoms with E-state index in [1.807, 2.05) is 6.26 Å². The van der Waals surface area contributed by atoms with Gasteiger partial charge in [-0.3, -0.25) is 0 Å². The first-order valence-corrected chi connectivity index (χ1v) is 9.30. The van der Waals surface area contributed by atoms with Gasteiger partial charge in [-0.2, -0.15) is 11.8 Å². The second-order valence-electron chi connectivity index (χ2n) is 4.14. The van der Waals surface area contributed by atoms with Gasteiger partial charge in [0.05, 0.1) is 11.5 Å². The number of rotatable bonds is 10. The Balaban J connectivity index is 2.53. The lowest BCUT2D eigenvalue weighted by Gasteiger charge is -2.08. The fourth-order valence-corrected chi connectivity index (χ4v) is 2.98. The van der Waals surface area contributed by atoms with Crippen LogP contribution in [-0.2, 0) is 10.0 Å². The number of nitrogens with one attached hydrogen (secondary N) is 1. The number of aliphatic hydroxyl groups is 1. The van der Waals surface area contributed by atoms with Crippen molar-refractivity contribution in [2.45, 2.75) is 17.7 Å². The maximum Gasteiger partial charge on any atom is 0.240 e. The van der Waals surface area contributed by atoms with Crippen LogP contribution < -0.4 is 9.46 Å². The van der Waals surface area contributed by atoms with Crippen LogP contribution in [-0.4, -0.2) is 45.3 Å². The van der Waals surface area contributed by atoms with E-state index in [-0.39, 0.29) is 11.5 Å². The highest BCUT2D eigenvalue weighted by Crippen LogP contribution is 2.16. The van der Waals surface area contributed by atoms with Crippen molar-refractivity contribution < 1.29 is 18.3 Å². The Hall–Kier alpha value is -0.760. The van der Waals surface area contributed by atoms with E-state index in [1.54, 1.807) is 23.9 Å². The van der Waals surface area contributed by atoms with Gasteiger partial charge >= 0.3 is 0 Å². The molecule has 5 nitrogen and oxygen atoms in total. The highest BCUT2D eigenvalue weighted by atomic mass is 32.2. The molecule has 7 heteroatoms. The van der Waals surface area contributed by atoms with Crippen LogP contribution in [0.1, 0.15) is 12.8 Å². The summed E-state index contributed by atoms with van der Waals surface area (Å²) in [6, 6.07) is 6.28. The van der Waals surface area contributed by atoms with Gasteiger partial charge in [0, 0.05) is 19.6 Å².